The fourth-order valence-corrected chi connectivity index (χ4v) is 3.35. The normalized spacial score (nSPS) is 10.9. The lowest BCUT2D eigenvalue weighted by Gasteiger charge is -2.16. The van der Waals surface area contributed by atoms with Gasteiger partial charge in [-0.05, 0) is 62.4 Å². The molecule has 0 bridgehead atoms. The molecule has 0 amide bonds. The van der Waals surface area contributed by atoms with Crippen molar-refractivity contribution in [3.63, 3.8) is 0 Å². The smallest absolute Gasteiger partial charge is 0.291 e. The van der Waals surface area contributed by atoms with Crippen LogP contribution in [0.1, 0.15) is 24.2 Å². The molecule has 0 saturated carbocycles. The first-order valence-electron chi connectivity index (χ1n) is 9.51. The predicted molar refractivity (Wildman–Crippen MR) is 115 cm³/mol. The molecule has 1 N–H and O–H groups in total. The predicted octanol–water partition coefficient (Wildman–Crippen LogP) is 4.56. The Morgan fingerprint density at radius 2 is 1.90 bits per heavy atom. The molecule has 2 aromatic carbocycles. The SMILES string of the molecule is CCn1nc(-c2ccc(F)cc2)c(C(C)=O)c(Nc2ccc3ncccc3c2)c1=O. The number of carbonyl (C=O) groups excluding carboxylic acids is 1. The largest absolute Gasteiger partial charge is 0.350 e. The van der Waals surface area contributed by atoms with Crippen molar-refractivity contribution >= 4 is 28.1 Å². The van der Waals surface area contributed by atoms with E-state index in [1.807, 2.05) is 24.3 Å². The summed E-state index contributed by atoms with van der Waals surface area (Å²) in [6.45, 7) is 3.50. The Kier molecular flexibility index (Phi) is 5.10. The second-order valence-electron chi connectivity index (χ2n) is 6.82. The van der Waals surface area contributed by atoms with Gasteiger partial charge in [0.1, 0.15) is 17.2 Å². The topological polar surface area (TPSA) is 76.9 Å². The van der Waals surface area contributed by atoms with Crippen LogP contribution in [0.5, 0.6) is 0 Å². The Morgan fingerprint density at radius 3 is 2.60 bits per heavy atom. The highest BCUT2D eigenvalue weighted by atomic mass is 19.1. The molecule has 7 heteroatoms. The summed E-state index contributed by atoms with van der Waals surface area (Å²) in [6.07, 6.45) is 1.71. The number of aryl methyl sites for hydroxylation is 1. The van der Waals surface area contributed by atoms with Gasteiger partial charge < -0.3 is 5.32 Å². The molecular weight excluding hydrogens is 383 g/mol. The van der Waals surface area contributed by atoms with Crippen LogP contribution in [0, 0.1) is 5.82 Å². The van der Waals surface area contributed by atoms with Crippen LogP contribution in [0.25, 0.3) is 22.2 Å². The second-order valence-corrected chi connectivity index (χ2v) is 6.82. The van der Waals surface area contributed by atoms with Gasteiger partial charge in [0.25, 0.3) is 5.56 Å². The summed E-state index contributed by atoms with van der Waals surface area (Å²) in [5.41, 5.74) is 2.25. The molecule has 2 heterocycles. The maximum atomic E-state index is 13.4. The van der Waals surface area contributed by atoms with Crippen molar-refractivity contribution < 1.29 is 9.18 Å². The fraction of sp³-hybridized carbons (Fsp3) is 0.130. The quantitative estimate of drug-likeness (QED) is 0.495. The van der Waals surface area contributed by atoms with Crippen molar-refractivity contribution in [1.29, 1.82) is 0 Å². The monoisotopic (exact) mass is 402 g/mol. The van der Waals surface area contributed by atoms with Crippen LogP contribution in [0.4, 0.5) is 15.8 Å². The maximum Gasteiger partial charge on any atom is 0.291 e. The summed E-state index contributed by atoms with van der Waals surface area (Å²) >= 11 is 0. The molecule has 0 spiro atoms. The first kappa shape index (κ1) is 19.4. The third kappa shape index (κ3) is 3.57. The molecule has 0 aliphatic carbocycles. The van der Waals surface area contributed by atoms with Crippen LogP contribution in [-0.2, 0) is 6.54 Å². The lowest BCUT2D eigenvalue weighted by Crippen LogP contribution is -2.28. The Hall–Kier alpha value is -3.87. The van der Waals surface area contributed by atoms with Crippen LogP contribution in [0.3, 0.4) is 0 Å². The highest BCUT2D eigenvalue weighted by Gasteiger charge is 2.22. The summed E-state index contributed by atoms with van der Waals surface area (Å²) in [5.74, 6) is -0.706. The van der Waals surface area contributed by atoms with E-state index in [-0.39, 0.29) is 17.0 Å². The van der Waals surface area contributed by atoms with E-state index in [0.717, 1.165) is 10.9 Å². The van der Waals surface area contributed by atoms with Crippen molar-refractivity contribution in [3.8, 4) is 11.3 Å². The second kappa shape index (κ2) is 7.87. The number of hydrogen-bond acceptors (Lipinski definition) is 5. The van der Waals surface area contributed by atoms with Gasteiger partial charge >= 0.3 is 0 Å². The zero-order valence-electron chi connectivity index (χ0n) is 16.5. The first-order valence-corrected chi connectivity index (χ1v) is 9.51. The molecule has 4 rings (SSSR count). The van der Waals surface area contributed by atoms with Gasteiger partial charge in [-0.15, -0.1) is 0 Å². The van der Waals surface area contributed by atoms with E-state index >= 15 is 0 Å². The zero-order valence-corrected chi connectivity index (χ0v) is 16.5. The van der Waals surface area contributed by atoms with E-state index in [1.54, 1.807) is 31.3 Å². The summed E-state index contributed by atoms with van der Waals surface area (Å²) < 4.78 is 14.7. The lowest BCUT2D eigenvalue weighted by molar-refractivity contribution is 0.101. The molecule has 6 nitrogen and oxygen atoms in total. The van der Waals surface area contributed by atoms with E-state index in [4.69, 9.17) is 0 Å². The highest BCUT2D eigenvalue weighted by Crippen LogP contribution is 2.28. The van der Waals surface area contributed by atoms with Gasteiger partial charge in [-0.3, -0.25) is 14.6 Å². The number of nitrogens with one attached hydrogen (secondary N) is 1. The highest BCUT2D eigenvalue weighted by molar-refractivity contribution is 6.05. The number of aromatic nitrogens is 3. The third-order valence-corrected chi connectivity index (χ3v) is 4.80. The molecule has 4 aromatic rings. The van der Waals surface area contributed by atoms with Gasteiger partial charge in [-0.1, -0.05) is 6.07 Å². The minimum Gasteiger partial charge on any atom is -0.350 e. The molecular formula is C23H19FN4O2. The van der Waals surface area contributed by atoms with Gasteiger partial charge in [0.2, 0.25) is 0 Å². The van der Waals surface area contributed by atoms with Crippen LogP contribution < -0.4 is 10.9 Å². The Labute approximate surface area is 172 Å². The number of carbonyl (C=O) groups is 1. The number of benzene rings is 2. The van der Waals surface area contributed by atoms with Gasteiger partial charge in [-0.25, -0.2) is 9.07 Å². The molecule has 0 aliphatic rings. The minimum atomic E-state index is -0.403. The zero-order chi connectivity index (χ0) is 21.3. The summed E-state index contributed by atoms with van der Waals surface area (Å²) in [5, 5.41) is 8.39. The van der Waals surface area contributed by atoms with Gasteiger partial charge in [-0.2, -0.15) is 5.10 Å². The molecule has 0 unspecified atom stereocenters. The summed E-state index contributed by atoms with van der Waals surface area (Å²) in [4.78, 5) is 29.9. The number of pyridine rings is 1. The number of nitrogens with zero attached hydrogens (tertiary/aromatic N) is 3. The van der Waals surface area contributed by atoms with E-state index in [9.17, 15) is 14.0 Å². The average molecular weight is 402 g/mol. The third-order valence-electron chi connectivity index (χ3n) is 4.80. The number of Topliss-reactive ketones (excluding diaryl/α,β-unsaturated/α-hetero) is 1. The van der Waals surface area contributed by atoms with Crippen molar-refractivity contribution in [2.75, 3.05) is 5.32 Å². The van der Waals surface area contributed by atoms with Gasteiger partial charge in [0, 0.05) is 29.4 Å². The molecule has 0 fully saturated rings. The van der Waals surface area contributed by atoms with Gasteiger partial charge in [0.05, 0.1) is 11.1 Å². The van der Waals surface area contributed by atoms with Crippen LogP contribution in [0.2, 0.25) is 0 Å². The Morgan fingerprint density at radius 1 is 1.13 bits per heavy atom. The number of fused-ring (bicyclic) bond motifs is 1. The van der Waals surface area contributed by atoms with Crippen LogP contribution >= 0.6 is 0 Å². The molecule has 2 aromatic heterocycles. The van der Waals surface area contributed by atoms with Crippen molar-refractivity contribution in [2.45, 2.75) is 20.4 Å². The Bertz CT molecular complexity index is 1310. The molecule has 0 radical (unpaired) electrons. The number of rotatable bonds is 5. The molecule has 150 valence electrons. The van der Waals surface area contributed by atoms with Crippen molar-refractivity contribution in [1.82, 2.24) is 14.8 Å². The number of halogens is 1. The molecule has 30 heavy (non-hydrogen) atoms. The number of ketones is 1. The Balaban J connectivity index is 1.92. The molecule has 0 saturated heterocycles. The number of hydrogen-bond donors (Lipinski definition) is 1. The average Bonchev–Trinajstić information content (AvgIpc) is 2.75. The molecule has 0 aliphatic heterocycles. The fourth-order valence-electron chi connectivity index (χ4n) is 3.35. The standard InChI is InChI=1S/C23H19FN4O2/c1-3-28-23(30)22(26-18-10-11-19-16(13-18)5-4-12-25-19)20(14(2)29)21(27-28)15-6-8-17(24)9-7-15/h4-13,26H,3H2,1-2H3. The van der Waals surface area contributed by atoms with Crippen LogP contribution in [-0.4, -0.2) is 20.5 Å². The van der Waals surface area contributed by atoms with E-state index in [0.29, 0.717) is 23.5 Å². The van der Waals surface area contributed by atoms with Crippen LogP contribution in [0.15, 0.2) is 65.6 Å². The summed E-state index contributed by atoms with van der Waals surface area (Å²) in [7, 11) is 0. The maximum absolute atomic E-state index is 13.4. The van der Waals surface area contributed by atoms with Crippen molar-refractivity contribution in [2.24, 2.45) is 0 Å². The first-order chi connectivity index (χ1) is 14.5. The summed E-state index contributed by atoms with van der Waals surface area (Å²) in [6, 6.07) is 14.9. The minimum absolute atomic E-state index is 0.141. The van der Waals surface area contributed by atoms with Crippen molar-refractivity contribution in [3.05, 3.63) is 82.5 Å². The van der Waals surface area contributed by atoms with E-state index in [1.165, 1.54) is 23.7 Å². The lowest BCUT2D eigenvalue weighted by atomic mass is 10.0. The molecule has 0 atom stereocenters. The van der Waals surface area contributed by atoms with E-state index in [2.05, 4.69) is 15.4 Å². The number of anilines is 2. The van der Waals surface area contributed by atoms with E-state index < -0.39 is 11.4 Å². The van der Waals surface area contributed by atoms with Gasteiger partial charge in [0.15, 0.2) is 5.78 Å².